The Morgan fingerprint density at radius 1 is 0.298 bits per heavy atom. The maximum atomic E-state index is 14.8. The zero-order valence-corrected chi connectivity index (χ0v) is 57.2. The first-order valence-electron chi connectivity index (χ1n) is 36.3. The van der Waals surface area contributed by atoms with Crippen LogP contribution in [0.4, 0.5) is 58.4 Å². The summed E-state index contributed by atoms with van der Waals surface area (Å²) in [6.07, 6.45) is 12.4. The first kappa shape index (κ1) is 72.6. The molecule has 0 bridgehead atoms. The van der Waals surface area contributed by atoms with Gasteiger partial charge in [0.05, 0.1) is 46.4 Å². The molecule has 104 heavy (non-hydrogen) atoms. The Kier molecular flexibility index (Phi) is 22.1. The van der Waals surface area contributed by atoms with Gasteiger partial charge in [-0.1, -0.05) is 138 Å². The highest BCUT2D eigenvalue weighted by atomic mass is 19.2. The zero-order chi connectivity index (χ0) is 73.0. The topological polar surface area (TPSA) is 268 Å². The molecular formula is C76H84F8N12O8. The average molecular weight is 1450 g/mol. The van der Waals surface area contributed by atoms with Gasteiger partial charge in [-0.3, -0.25) is 57.4 Å². The average Bonchev–Trinajstić information content (AvgIpc) is 0.782. The van der Waals surface area contributed by atoms with Crippen molar-refractivity contribution in [3.05, 3.63) is 248 Å². The number of nitrogens with one attached hydrogen (secondary N) is 8. The number of aromatic amines is 4. The molecule has 20 nitrogen and oxygen atoms in total. The molecule has 0 radical (unpaired) electrons. The number of anilines is 4. The lowest BCUT2D eigenvalue weighted by atomic mass is 9.92. The van der Waals surface area contributed by atoms with Gasteiger partial charge in [-0.15, -0.1) is 0 Å². The second-order valence-electron chi connectivity index (χ2n) is 28.5. The van der Waals surface area contributed by atoms with Gasteiger partial charge >= 0.3 is 22.8 Å². The Balaban J connectivity index is 0.000000123. The summed E-state index contributed by atoms with van der Waals surface area (Å²) in [6.45, 7) is 0. The summed E-state index contributed by atoms with van der Waals surface area (Å²) in [5.74, 6) is -1.05. The van der Waals surface area contributed by atoms with Crippen LogP contribution >= 0.6 is 0 Å². The fraction of sp³-hybridized carbons (Fsp3) is 0.474. The van der Waals surface area contributed by atoms with Crippen LogP contribution in [0.3, 0.4) is 0 Å². The fourth-order valence-electron chi connectivity index (χ4n) is 16.5. The van der Waals surface area contributed by atoms with E-state index < -0.39 is 117 Å². The van der Waals surface area contributed by atoms with Crippen LogP contribution in [0.2, 0.25) is 0 Å². The molecule has 4 aliphatic carbocycles. The third-order valence-electron chi connectivity index (χ3n) is 21.8. The second kappa shape index (κ2) is 31.7. The van der Waals surface area contributed by atoms with E-state index in [2.05, 4.69) is 41.2 Å². The minimum atomic E-state index is -1.46. The van der Waals surface area contributed by atoms with E-state index in [1.54, 1.807) is 24.3 Å². The molecule has 8 aliphatic rings. The maximum absolute atomic E-state index is 14.8. The molecule has 8 heterocycles. The molecule has 4 saturated carbocycles. The van der Waals surface area contributed by atoms with Gasteiger partial charge in [-0.05, 0) is 98.9 Å². The first-order valence-corrected chi connectivity index (χ1v) is 36.3. The van der Waals surface area contributed by atoms with E-state index in [-0.39, 0.29) is 107 Å². The number of benzene rings is 4. The van der Waals surface area contributed by atoms with E-state index >= 15 is 0 Å². The Morgan fingerprint density at radius 2 is 0.548 bits per heavy atom. The van der Waals surface area contributed by atoms with Crippen LogP contribution in [0.1, 0.15) is 221 Å². The van der Waals surface area contributed by atoms with E-state index in [1.807, 2.05) is 0 Å². The molecule has 0 spiro atoms. The molecule has 8 N–H and O–H groups in total. The zero-order valence-electron chi connectivity index (χ0n) is 57.2. The van der Waals surface area contributed by atoms with Gasteiger partial charge in [0.15, 0.2) is 0 Å². The van der Waals surface area contributed by atoms with Crippen LogP contribution in [-0.4, -0.2) is 62.9 Å². The van der Waals surface area contributed by atoms with Crippen LogP contribution in [0.5, 0.6) is 0 Å². The van der Waals surface area contributed by atoms with E-state index in [0.29, 0.717) is 11.1 Å². The van der Waals surface area contributed by atoms with Crippen molar-refractivity contribution in [2.45, 2.75) is 227 Å². The summed E-state index contributed by atoms with van der Waals surface area (Å²) in [5, 5.41) is 11.4. The summed E-state index contributed by atoms with van der Waals surface area (Å²) >= 11 is 0. The number of H-pyrrole nitrogens is 4. The number of nitrogens with zero attached hydrogens (tertiary/aromatic N) is 4. The van der Waals surface area contributed by atoms with Gasteiger partial charge < -0.3 is 21.3 Å². The van der Waals surface area contributed by atoms with Gasteiger partial charge in [-0.2, -0.15) is 0 Å². The van der Waals surface area contributed by atoms with Gasteiger partial charge in [0, 0.05) is 61.0 Å². The quantitative estimate of drug-likeness (QED) is 0.0660. The minimum Gasteiger partial charge on any atom is -0.361 e. The van der Waals surface area contributed by atoms with Gasteiger partial charge in [0.25, 0.3) is 22.2 Å². The molecule has 4 aromatic carbocycles. The molecule has 552 valence electrons. The second-order valence-corrected chi connectivity index (χ2v) is 28.5. The van der Waals surface area contributed by atoms with Crippen LogP contribution in [0.25, 0.3) is 0 Å². The van der Waals surface area contributed by atoms with Crippen molar-refractivity contribution in [2.24, 2.45) is 0 Å². The largest absolute Gasteiger partial charge is 0.361 e. The van der Waals surface area contributed by atoms with E-state index in [9.17, 15) is 73.5 Å². The summed E-state index contributed by atoms with van der Waals surface area (Å²) < 4.78 is 119. The molecular weight excluding hydrogens is 1360 g/mol. The van der Waals surface area contributed by atoms with E-state index in [1.165, 1.54) is 91.1 Å². The lowest BCUT2D eigenvalue weighted by Crippen LogP contribution is -2.44. The monoisotopic (exact) mass is 1440 g/mol. The molecule has 16 rings (SSSR count). The van der Waals surface area contributed by atoms with Crippen LogP contribution in [0.15, 0.2) is 135 Å². The standard InChI is InChI=1S/4C19H21F2N3O2/c2*20-12-6-4-5-11(9-12)16-15(21)10-14-17(22-16)23-19(26)24(18(14)25)13-7-2-1-3-8-13;2*20-14-9-5-4-8-12(14)16-15(21)10-13-17(22-16)23-19(26)24(18(13)25)11-6-2-1-3-7-11/h2*4-6,9,13,15-16,22H,1-3,7-8,10H2,(H,23,26);2*4-5,8-9,11,15-16,22H,1-3,6-7,10H2,(H,23,26)/t15-,16+;15-,16-;15-,16+;15-,16-/m1010/s1. The normalized spacial score (nSPS) is 23.3. The molecule has 28 heteroatoms. The Labute approximate surface area is 590 Å². The smallest absolute Gasteiger partial charge is 0.330 e. The Bertz CT molecular complexity index is 4640. The van der Waals surface area contributed by atoms with Crippen LogP contribution < -0.4 is 66.3 Å². The van der Waals surface area contributed by atoms with Crippen molar-refractivity contribution >= 4 is 23.3 Å². The third kappa shape index (κ3) is 15.3. The van der Waals surface area contributed by atoms with Crippen LogP contribution in [-0.2, 0) is 25.7 Å². The third-order valence-corrected chi connectivity index (χ3v) is 21.8. The molecule has 0 saturated heterocycles. The lowest BCUT2D eigenvalue weighted by Gasteiger charge is -2.31. The van der Waals surface area contributed by atoms with Crippen molar-refractivity contribution in [3.8, 4) is 0 Å². The summed E-state index contributed by atoms with van der Waals surface area (Å²) in [6, 6.07) is 19.3. The summed E-state index contributed by atoms with van der Waals surface area (Å²) in [7, 11) is 0. The molecule has 0 amide bonds. The highest BCUT2D eigenvalue weighted by molar-refractivity contribution is 5.53. The number of hydrogen-bond donors (Lipinski definition) is 8. The Hall–Kier alpha value is -9.76. The molecule has 8 aromatic rings. The van der Waals surface area contributed by atoms with Crippen molar-refractivity contribution < 1.29 is 35.1 Å². The van der Waals surface area contributed by atoms with E-state index in [4.69, 9.17) is 0 Å². The van der Waals surface area contributed by atoms with Crippen molar-refractivity contribution in [1.82, 2.24) is 38.2 Å². The van der Waals surface area contributed by atoms with Crippen molar-refractivity contribution in [2.75, 3.05) is 21.3 Å². The molecule has 4 aromatic heterocycles. The summed E-state index contributed by atoms with van der Waals surface area (Å²) in [4.78, 5) is 112. The number of rotatable bonds is 8. The van der Waals surface area contributed by atoms with Crippen molar-refractivity contribution in [3.63, 3.8) is 0 Å². The van der Waals surface area contributed by atoms with Crippen molar-refractivity contribution in [1.29, 1.82) is 0 Å². The number of fused-ring (bicyclic) bond motifs is 4. The summed E-state index contributed by atoms with van der Waals surface area (Å²) in [5.41, 5.74) is -1.37. The number of hydrogen-bond acceptors (Lipinski definition) is 12. The molecule has 8 atom stereocenters. The van der Waals surface area contributed by atoms with Crippen LogP contribution in [0, 0.1) is 23.3 Å². The number of aromatic nitrogens is 8. The molecule has 4 fully saturated rings. The predicted octanol–water partition coefficient (Wildman–Crippen LogP) is 12.9. The predicted molar refractivity (Wildman–Crippen MR) is 379 cm³/mol. The molecule has 4 aliphatic heterocycles. The van der Waals surface area contributed by atoms with Gasteiger partial charge in [0.2, 0.25) is 0 Å². The minimum absolute atomic E-state index is 0.105. The van der Waals surface area contributed by atoms with E-state index in [0.717, 1.165) is 128 Å². The highest BCUT2D eigenvalue weighted by Gasteiger charge is 2.39. The van der Waals surface area contributed by atoms with Gasteiger partial charge in [-0.25, -0.2) is 54.3 Å². The SMILES string of the molecule is O=c1[nH]c2c(c(=O)n1C1CCCCC1)C[C@@H](F)[C@H](c1cccc(F)c1)N2.O=c1[nH]c2c(c(=O)n1C1CCCCC1)C[C@@H](F)[C@H](c1ccccc1F)N2.O=c1[nH]c2c(c(=O)n1C1CCCCC1)C[C@H](F)[C@H](c1cccc(F)c1)N2.O=c1[nH]c2c(c(=O)n1C1CCCCC1)C[C@H](F)[C@H](c1ccccc1F)N2. The lowest BCUT2D eigenvalue weighted by molar-refractivity contribution is 0.277. The highest BCUT2D eigenvalue weighted by Crippen LogP contribution is 2.39. The fourth-order valence-corrected chi connectivity index (χ4v) is 16.5. The Morgan fingerprint density at radius 3 is 0.808 bits per heavy atom. The first-order chi connectivity index (χ1) is 50.2. The molecule has 0 unspecified atom stereocenters. The number of alkyl halides is 4. The van der Waals surface area contributed by atoms with Gasteiger partial charge in [0.1, 0.15) is 71.2 Å². The maximum Gasteiger partial charge on any atom is 0.330 e. The number of halogens is 8.